The minimum absolute atomic E-state index is 0.263. The van der Waals surface area contributed by atoms with Crippen LogP contribution in [0.1, 0.15) is 5.56 Å². The van der Waals surface area contributed by atoms with Crippen molar-refractivity contribution >= 4 is 20.7 Å². The van der Waals surface area contributed by atoms with E-state index in [9.17, 15) is 8.42 Å². The van der Waals surface area contributed by atoms with Crippen LogP contribution in [0.2, 0.25) is 0 Å². The van der Waals surface area contributed by atoms with Crippen LogP contribution in [0.4, 0.5) is 0 Å². The van der Waals surface area contributed by atoms with E-state index >= 15 is 0 Å². The summed E-state index contributed by atoms with van der Waals surface area (Å²) in [6.45, 7) is 2.00. The maximum Gasteiger partial charge on any atom is 0.213 e. The lowest BCUT2D eigenvalue weighted by molar-refractivity contribution is 0.288. The van der Waals surface area contributed by atoms with Gasteiger partial charge < -0.3 is 4.74 Å². The zero-order chi connectivity index (χ0) is 14.9. The van der Waals surface area contributed by atoms with E-state index in [0.717, 1.165) is 17.4 Å². The normalized spacial score (nSPS) is 18.7. The van der Waals surface area contributed by atoms with Crippen LogP contribution in [0.15, 0.2) is 30.3 Å². The van der Waals surface area contributed by atoms with Crippen LogP contribution in [0, 0.1) is 0 Å². The number of ether oxygens (including phenoxy) is 1. The highest BCUT2D eigenvalue weighted by atomic mass is 32.2. The third-order valence-electron chi connectivity index (χ3n) is 3.78. The highest BCUT2D eigenvalue weighted by molar-refractivity contribution is 7.91. The zero-order valence-electron chi connectivity index (χ0n) is 11.9. The van der Waals surface area contributed by atoms with Gasteiger partial charge in [0.15, 0.2) is 9.84 Å². The molecule has 0 radical (unpaired) electrons. The summed E-state index contributed by atoms with van der Waals surface area (Å²) in [4.78, 5) is 6.57. The molecule has 0 saturated carbocycles. The van der Waals surface area contributed by atoms with Crippen molar-refractivity contribution in [2.45, 2.75) is 6.54 Å². The molecule has 6 heteroatoms. The molecular formula is C15H18N2O3S. The molecule has 0 unspecified atom stereocenters. The lowest BCUT2D eigenvalue weighted by Crippen LogP contribution is -2.39. The molecule has 5 nitrogen and oxygen atoms in total. The van der Waals surface area contributed by atoms with Crippen molar-refractivity contribution < 1.29 is 13.2 Å². The van der Waals surface area contributed by atoms with E-state index in [2.05, 4.69) is 16.0 Å². The van der Waals surface area contributed by atoms with E-state index in [4.69, 9.17) is 4.74 Å². The van der Waals surface area contributed by atoms with Gasteiger partial charge in [0.1, 0.15) is 0 Å². The summed E-state index contributed by atoms with van der Waals surface area (Å²) < 4.78 is 28.0. The predicted molar refractivity (Wildman–Crippen MR) is 82.2 cm³/mol. The van der Waals surface area contributed by atoms with Gasteiger partial charge in [-0.3, -0.25) is 4.90 Å². The first kappa shape index (κ1) is 14.3. The molecule has 1 aliphatic rings. The number of rotatable bonds is 3. The second-order valence-electron chi connectivity index (χ2n) is 5.31. The van der Waals surface area contributed by atoms with Crippen LogP contribution in [-0.4, -0.2) is 50.0 Å². The molecule has 112 valence electrons. The van der Waals surface area contributed by atoms with Gasteiger partial charge in [0.2, 0.25) is 5.88 Å². The molecule has 0 N–H and O–H groups in total. The summed E-state index contributed by atoms with van der Waals surface area (Å²) in [7, 11) is -1.21. The van der Waals surface area contributed by atoms with Gasteiger partial charge in [-0.25, -0.2) is 13.4 Å². The van der Waals surface area contributed by atoms with E-state index in [1.807, 2.05) is 24.3 Å². The van der Waals surface area contributed by atoms with Crippen molar-refractivity contribution in [1.82, 2.24) is 9.88 Å². The Morgan fingerprint density at radius 1 is 1.19 bits per heavy atom. The molecule has 0 amide bonds. The van der Waals surface area contributed by atoms with E-state index < -0.39 is 9.84 Å². The first-order chi connectivity index (χ1) is 10.1. The molecule has 1 aliphatic heterocycles. The molecule has 2 heterocycles. The monoisotopic (exact) mass is 306 g/mol. The number of hydrogen-bond donors (Lipinski definition) is 0. The Bertz CT molecular complexity index is 745. The van der Waals surface area contributed by atoms with Gasteiger partial charge in [0, 0.05) is 31.1 Å². The maximum absolute atomic E-state index is 11.4. The largest absolute Gasteiger partial charge is 0.481 e. The Morgan fingerprint density at radius 2 is 1.95 bits per heavy atom. The Labute approximate surface area is 124 Å². The van der Waals surface area contributed by atoms with Crippen LogP contribution >= 0.6 is 0 Å². The molecule has 2 aromatic rings. The molecule has 1 fully saturated rings. The minimum Gasteiger partial charge on any atom is -0.481 e. The lowest BCUT2D eigenvalue weighted by atomic mass is 10.1. The summed E-state index contributed by atoms with van der Waals surface area (Å²) in [5.74, 6) is 1.13. The van der Waals surface area contributed by atoms with Crippen molar-refractivity contribution in [2.75, 3.05) is 31.7 Å². The molecule has 21 heavy (non-hydrogen) atoms. The molecule has 1 aromatic heterocycles. The number of methoxy groups -OCH3 is 1. The maximum atomic E-state index is 11.4. The number of sulfone groups is 1. The third kappa shape index (κ3) is 3.33. The van der Waals surface area contributed by atoms with Gasteiger partial charge in [-0.1, -0.05) is 6.07 Å². The van der Waals surface area contributed by atoms with E-state index in [1.165, 1.54) is 5.56 Å². The van der Waals surface area contributed by atoms with Crippen molar-refractivity contribution in [3.63, 3.8) is 0 Å². The van der Waals surface area contributed by atoms with Crippen LogP contribution in [-0.2, 0) is 16.4 Å². The van der Waals surface area contributed by atoms with Crippen molar-refractivity contribution in [3.8, 4) is 5.88 Å². The van der Waals surface area contributed by atoms with Crippen LogP contribution in [0.25, 0.3) is 10.9 Å². The topological polar surface area (TPSA) is 59.5 Å². The number of nitrogens with zero attached hydrogens (tertiary/aromatic N) is 2. The predicted octanol–water partition coefficient (Wildman–Crippen LogP) is 1.47. The minimum atomic E-state index is -2.82. The first-order valence-corrected chi connectivity index (χ1v) is 8.74. The van der Waals surface area contributed by atoms with Gasteiger partial charge >= 0.3 is 0 Å². The average Bonchev–Trinajstić information content (AvgIpc) is 2.49. The smallest absolute Gasteiger partial charge is 0.213 e. The van der Waals surface area contributed by atoms with Gasteiger partial charge in [-0.05, 0) is 23.8 Å². The fraction of sp³-hybridized carbons (Fsp3) is 0.400. The Balaban J connectivity index is 1.76. The summed E-state index contributed by atoms with van der Waals surface area (Å²) >= 11 is 0. The number of pyridine rings is 1. The molecule has 0 bridgehead atoms. The van der Waals surface area contributed by atoms with Crippen LogP contribution in [0.3, 0.4) is 0 Å². The summed E-state index contributed by atoms with van der Waals surface area (Å²) in [6.07, 6.45) is 0. The molecule has 1 saturated heterocycles. The van der Waals surface area contributed by atoms with Crippen molar-refractivity contribution in [1.29, 1.82) is 0 Å². The number of fused-ring (bicyclic) bond motifs is 1. The summed E-state index contributed by atoms with van der Waals surface area (Å²) in [5.41, 5.74) is 2.08. The SMILES string of the molecule is COc1ccc2cc(CN3CCS(=O)(=O)CC3)ccc2n1. The fourth-order valence-corrected chi connectivity index (χ4v) is 3.81. The highest BCUT2D eigenvalue weighted by Crippen LogP contribution is 2.19. The molecule has 1 aromatic carbocycles. The lowest BCUT2D eigenvalue weighted by Gasteiger charge is -2.26. The number of aromatic nitrogens is 1. The van der Waals surface area contributed by atoms with E-state index in [-0.39, 0.29) is 11.5 Å². The Hall–Kier alpha value is -1.66. The van der Waals surface area contributed by atoms with Gasteiger partial charge in [0.25, 0.3) is 0 Å². The van der Waals surface area contributed by atoms with Gasteiger partial charge in [-0.2, -0.15) is 0 Å². The fourth-order valence-electron chi connectivity index (χ4n) is 2.53. The quantitative estimate of drug-likeness (QED) is 0.859. The second-order valence-corrected chi connectivity index (χ2v) is 7.61. The van der Waals surface area contributed by atoms with Gasteiger partial charge in [0.05, 0.1) is 24.1 Å². The standard InChI is InChI=1S/C15H18N2O3S/c1-20-15-5-3-13-10-12(2-4-14(13)16-15)11-17-6-8-21(18,19)9-7-17/h2-5,10H,6-9,11H2,1H3. The summed E-state index contributed by atoms with van der Waals surface area (Å²) in [5, 5.41) is 1.07. The van der Waals surface area contributed by atoms with Gasteiger partial charge in [-0.15, -0.1) is 0 Å². The van der Waals surface area contributed by atoms with Crippen LogP contribution in [0.5, 0.6) is 5.88 Å². The Kier molecular flexibility index (Phi) is 3.82. The number of hydrogen-bond acceptors (Lipinski definition) is 5. The van der Waals surface area contributed by atoms with Crippen molar-refractivity contribution in [3.05, 3.63) is 35.9 Å². The third-order valence-corrected chi connectivity index (χ3v) is 5.39. The molecule has 3 rings (SSSR count). The molecule has 0 spiro atoms. The van der Waals surface area contributed by atoms with Crippen LogP contribution < -0.4 is 4.74 Å². The number of benzene rings is 1. The second kappa shape index (κ2) is 5.61. The molecule has 0 atom stereocenters. The van der Waals surface area contributed by atoms with Crippen molar-refractivity contribution in [2.24, 2.45) is 0 Å². The highest BCUT2D eigenvalue weighted by Gasteiger charge is 2.21. The van der Waals surface area contributed by atoms with E-state index in [0.29, 0.717) is 19.0 Å². The summed E-state index contributed by atoms with van der Waals surface area (Å²) in [6, 6.07) is 9.96. The zero-order valence-corrected chi connectivity index (χ0v) is 12.8. The average molecular weight is 306 g/mol. The van der Waals surface area contributed by atoms with E-state index in [1.54, 1.807) is 7.11 Å². The molecular weight excluding hydrogens is 288 g/mol. The Morgan fingerprint density at radius 3 is 2.67 bits per heavy atom. The molecule has 0 aliphatic carbocycles. The first-order valence-electron chi connectivity index (χ1n) is 6.92.